The Morgan fingerprint density at radius 1 is 1.00 bits per heavy atom. The van der Waals surface area contributed by atoms with Crippen LogP contribution >= 0.6 is 0 Å². The number of hydrogen-bond donors (Lipinski definition) is 1. The highest BCUT2D eigenvalue weighted by Gasteiger charge is 2.27. The van der Waals surface area contributed by atoms with Crippen LogP contribution in [0.1, 0.15) is 117 Å². The maximum atomic E-state index is 6.23. The lowest BCUT2D eigenvalue weighted by molar-refractivity contribution is -0.0429. The van der Waals surface area contributed by atoms with Gasteiger partial charge in [0, 0.05) is 42.8 Å². The molecule has 0 spiro atoms. The lowest BCUT2D eigenvalue weighted by atomic mass is 9.87. The molecule has 5 rings (SSSR count). The summed E-state index contributed by atoms with van der Waals surface area (Å²) in [7, 11) is 0. The third kappa shape index (κ3) is 10.4. The molecule has 0 saturated carbocycles. The van der Waals surface area contributed by atoms with Crippen molar-refractivity contribution in [1.82, 2.24) is 14.8 Å². The van der Waals surface area contributed by atoms with Crippen LogP contribution in [0.4, 0.5) is 0 Å². The van der Waals surface area contributed by atoms with E-state index in [1.54, 1.807) is 0 Å². The Morgan fingerprint density at radius 3 is 2.36 bits per heavy atom. The maximum absolute atomic E-state index is 6.23. The summed E-state index contributed by atoms with van der Waals surface area (Å²) in [4.78, 5) is 9.01. The zero-order valence-electron chi connectivity index (χ0n) is 30.1. The van der Waals surface area contributed by atoms with E-state index in [9.17, 15) is 0 Å². The number of aromatic nitrogens is 1. The van der Waals surface area contributed by atoms with E-state index in [1.807, 2.05) is 27.7 Å². The second-order valence-corrected chi connectivity index (χ2v) is 13.1. The molecule has 0 radical (unpaired) electrons. The van der Waals surface area contributed by atoms with Crippen LogP contribution in [0.15, 0.2) is 71.9 Å². The van der Waals surface area contributed by atoms with Crippen molar-refractivity contribution in [3.05, 3.63) is 88.7 Å². The van der Waals surface area contributed by atoms with E-state index < -0.39 is 0 Å². The highest BCUT2D eigenvalue weighted by Crippen LogP contribution is 2.37. The minimum atomic E-state index is 0.318. The zero-order valence-corrected chi connectivity index (χ0v) is 30.1. The lowest BCUT2D eigenvalue weighted by Crippen LogP contribution is -2.49. The first-order valence-electron chi connectivity index (χ1n) is 17.9. The van der Waals surface area contributed by atoms with Crippen LogP contribution < -0.4 is 0 Å². The number of nitrogens with one attached hydrogen (secondary N) is 1. The maximum Gasteiger partial charge on any atom is 0.0829 e. The largest absolute Gasteiger partial charge is 0.374 e. The highest BCUT2D eigenvalue weighted by molar-refractivity contribution is 5.92. The molecule has 1 atom stereocenters. The normalized spacial score (nSPS) is 19.8. The van der Waals surface area contributed by atoms with Crippen molar-refractivity contribution in [3.63, 3.8) is 0 Å². The minimum absolute atomic E-state index is 0.318. The fourth-order valence-electron chi connectivity index (χ4n) is 6.89. The molecule has 1 aromatic carbocycles. The summed E-state index contributed by atoms with van der Waals surface area (Å²) in [5.74, 6) is 1.04. The van der Waals surface area contributed by atoms with Crippen LogP contribution in [0, 0.1) is 0 Å². The van der Waals surface area contributed by atoms with E-state index in [0.717, 1.165) is 51.4 Å². The summed E-state index contributed by atoms with van der Waals surface area (Å²) >= 11 is 0. The Labute approximate surface area is 276 Å². The van der Waals surface area contributed by atoms with Crippen LogP contribution in [-0.2, 0) is 4.74 Å². The van der Waals surface area contributed by atoms with Gasteiger partial charge in [0.2, 0.25) is 0 Å². The van der Waals surface area contributed by atoms with Crippen LogP contribution in [0.25, 0.3) is 16.5 Å². The molecule has 2 fully saturated rings. The number of benzene rings is 1. The summed E-state index contributed by atoms with van der Waals surface area (Å²) in [5.41, 5.74) is 10.5. The highest BCUT2D eigenvalue weighted by atomic mass is 16.5. The van der Waals surface area contributed by atoms with Gasteiger partial charge in [-0.15, -0.1) is 0 Å². The van der Waals surface area contributed by atoms with Gasteiger partial charge in [-0.3, -0.25) is 4.90 Å². The lowest BCUT2D eigenvalue weighted by Gasteiger charge is -2.38. The van der Waals surface area contributed by atoms with E-state index in [1.165, 1.54) is 70.1 Å². The molecule has 1 aliphatic carbocycles. The van der Waals surface area contributed by atoms with Gasteiger partial charge in [0.15, 0.2) is 0 Å². The third-order valence-electron chi connectivity index (χ3n) is 8.80. The summed E-state index contributed by atoms with van der Waals surface area (Å²) in [6, 6.07) is 7.17. The smallest absolute Gasteiger partial charge is 0.0829 e. The van der Waals surface area contributed by atoms with Gasteiger partial charge >= 0.3 is 0 Å². The number of ether oxygens (including phenoxy) is 1. The van der Waals surface area contributed by atoms with E-state index in [-0.39, 0.29) is 0 Å². The fourth-order valence-corrected chi connectivity index (χ4v) is 6.89. The van der Waals surface area contributed by atoms with Crippen LogP contribution in [-0.4, -0.2) is 66.8 Å². The van der Waals surface area contributed by atoms with Crippen LogP contribution in [0.3, 0.4) is 0 Å². The average Bonchev–Trinajstić information content (AvgIpc) is 3.43. The number of piperidine rings is 1. The molecule has 3 aliphatic rings. The molecule has 2 saturated heterocycles. The van der Waals surface area contributed by atoms with Gasteiger partial charge in [0.05, 0.1) is 12.7 Å². The molecule has 0 amide bonds. The molecule has 1 aromatic heterocycles. The molecule has 4 nitrogen and oxygen atoms in total. The predicted molar refractivity (Wildman–Crippen MR) is 198 cm³/mol. The molecule has 2 aliphatic heterocycles. The van der Waals surface area contributed by atoms with Crippen molar-refractivity contribution in [2.45, 2.75) is 106 Å². The summed E-state index contributed by atoms with van der Waals surface area (Å²) in [6.07, 6.45) is 16.7. The number of likely N-dealkylation sites (tertiary alicyclic amines) is 1. The first kappa shape index (κ1) is 36.8. The minimum Gasteiger partial charge on any atom is -0.374 e. The standard InChI is InChI=1S/C37H51N3O.2C2H6/c1-26(2)20-32(21-27(3)4)37-36(28(5)6)34-22-31(12-13-35(34)38-37)30-14-16-39(17-15-30)24-33-25-40(18-19-41-33)23-29-10-8-7-9-11-29;2*1-2/h8,10-13,20-22,28,30,33,38H,1,7,9,14-19,23-25H2,2-6H3;2*1-2H3/b32-20+;;. The fraction of sp³-hybridized carbons (Fsp3) is 0.561. The number of rotatable bonds is 9. The van der Waals surface area contributed by atoms with Gasteiger partial charge in [-0.25, -0.2) is 0 Å². The van der Waals surface area contributed by atoms with Gasteiger partial charge in [-0.05, 0) is 106 Å². The number of nitrogens with zero attached hydrogens (tertiary/aromatic N) is 2. The number of morpholine rings is 1. The molecule has 4 heteroatoms. The molecule has 3 heterocycles. The Bertz CT molecular complexity index is 1340. The average molecular weight is 614 g/mol. The zero-order chi connectivity index (χ0) is 32.9. The molecule has 0 bridgehead atoms. The molecule has 45 heavy (non-hydrogen) atoms. The van der Waals surface area contributed by atoms with E-state index in [2.05, 4.69) is 105 Å². The van der Waals surface area contributed by atoms with E-state index in [4.69, 9.17) is 4.74 Å². The van der Waals surface area contributed by atoms with Crippen molar-refractivity contribution < 1.29 is 4.74 Å². The van der Waals surface area contributed by atoms with Crippen molar-refractivity contribution in [2.75, 3.05) is 45.9 Å². The Morgan fingerprint density at radius 2 is 1.73 bits per heavy atom. The second-order valence-electron chi connectivity index (χ2n) is 13.1. The third-order valence-corrected chi connectivity index (χ3v) is 8.80. The van der Waals surface area contributed by atoms with Crippen LogP contribution in [0.5, 0.6) is 0 Å². The molecular formula is C41H63N3O. The van der Waals surface area contributed by atoms with E-state index >= 15 is 0 Å². The molecule has 2 aromatic rings. The monoisotopic (exact) mass is 613 g/mol. The van der Waals surface area contributed by atoms with Gasteiger partial charge in [0.25, 0.3) is 0 Å². The Kier molecular flexibility index (Phi) is 15.1. The molecule has 1 N–H and O–H groups in total. The first-order valence-corrected chi connectivity index (χ1v) is 17.9. The topological polar surface area (TPSA) is 31.5 Å². The molecule has 1 unspecified atom stereocenters. The number of fused-ring (bicyclic) bond motifs is 1. The second kappa shape index (κ2) is 18.5. The molecular weight excluding hydrogens is 550 g/mol. The van der Waals surface area contributed by atoms with Gasteiger partial charge in [-0.2, -0.15) is 0 Å². The van der Waals surface area contributed by atoms with Gasteiger partial charge in [0.1, 0.15) is 0 Å². The predicted octanol–water partition coefficient (Wildman–Crippen LogP) is 10.4. The van der Waals surface area contributed by atoms with Crippen LogP contribution in [0.2, 0.25) is 0 Å². The Balaban J connectivity index is 0.00000133. The van der Waals surface area contributed by atoms with Crippen molar-refractivity contribution in [1.29, 1.82) is 0 Å². The summed E-state index contributed by atoms with van der Waals surface area (Å²) < 4.78 is 6.23. The number of aromatic amines is 1. The van der Waals surface area contributed by atoms with Crippen molar-refractivity contribution in [2.24, 2.45) is 0 Å². The Hall–Kier alpha value is -2.66. The number of allylic oxidation sites excluding steroid dienone is 7. The summed E-state index contributed by atoms with van der Waals surface area (Å²) in [5, 5.41) is 1.38. The summed E-state index contributed by atoms with van der Waals surface area (Å²) in [6.45, 7) is 30.6. The van der Waals surface area contributed by atoms with Crippen molar-refractivity contribution >= 4 is 16.5 Å². The molecule has 248 valence electrons. The van der Waals surface area contributed by atoms with Crippen molar-refractivity contribution in [3.8, 4) is 0 Å². The first-order chi connectivity index (χ1) is 21.8. The number of H-pyrrole nitrogens is 1. The van der Waals surface area contributed by atoms with Gasteiger partial charge in [-0.1, -0.05) is 95.7 Å². The van der Waals surface area contributed by atoms with E-state index in [0.29, 0.717) is 17.9 Å². The quantitative estimate of drug-likeness (QED) is 0.286. The number of hydrogen-bond acceptors (Lipinski definition) is 3. The SMILES string of the molecule is C=C(C)/C=C(\C=C(C)C)c1[nH]c2ccc(C3CCN(CC4CN(CC5=CCCC=C5)CCO4)CC3)cc2c1C(C)C.CC.CC. The van der Waals surface area contributed by atoms with Gasteiger partial charge < -0.3 is 14.6 Å².